The Morgan fingerprint density at radius 2 is 1.57 bits per heavy atom. The molecule has 138 valence electrons. The molecule has 0 aliphatic rings. The van der Waals surface area contributed by atoms with Crippen LogP contribution in [0.25, 0.3) is 33.3 Å². The first-order chi connectivity index (χ1) is 13.5. The van der Waals surface area contributed by atoms with Gasteiger partial charge in [-0.15, -0.1) is 0 Å². The lowest BCUT2D eigenvalue weighted by atomic mass is 9.96. The van der Waals surface area contributed by atoms with E-state index in [1.54, 1.807) is 13.0 Å². The van der Waals surface area contributed by atoms with E-state index in [9.17, 15) is 9.90 Å². The Balaban J connectivity index is 1.85. The van der Waals surface area contributed by atoms with E-state index >= 15 is 0 Å². The molecule has 0 atom stereocenters. The van der Waals surface area contributed by atoms with Crippen LogP contribution in [-0.2, 0) is 0 Å². The van der Waals surface area contributed by atoms with E-state index < -0.39 is 5.97 Å². The smallest absolute Gasteiger partial charge is 0.336 e. The van der Waals surface area contributed by atoms with Gasteiger partial charge in [0, 0.05) is 22.2 Å². The molecule has 0 spiro atoms. The maximum absolute atomic E-state index is 11.9. The van der Waals surface area contributed by atoms with Crippen LogP contribution in [0.4, 0.5) is 0 Å². The first kappa shape index (κ1) is 18.1. The first-order valence-corrected chi connectivity index (χ1v) is 9.20. The molecule has 0 bridgehead atoms. The van der Waals surface area contributed by atoms with Gasteiger partial charge in [0.15, 0.2) is 0 Å². The number of rotatable bonds is 3. The van der Waals surface area contributed by atoms with Crippen LogP contribution in [0.3, 0.4) is 0 Å². The third-order valence-electron chi connectivity index (χ3n) is 4.81. The molecule has 4 rings (SSSR count). The lowest BCUT2D eigenvalue weighted by Gasteiger charge is -2.12. The van der Waals surface area contributed by atoms with Gasteiger partial charge in [0.05, 0.1) is 16.8 Å². The standard InChI is InChI=1S/C23H17ClN2O2/c1-13-7-12-17(22(24)25-13)15-8-10-16(11-9-15)21-14(2)20(23(27)28)18-5-3-4-6-19(18)26-21/h3-12H,1-2H3,(H,27,28). The van der Waals surface area contributed by atoms with E-state index in [4.69, 9.17) is 16.6 Å². The topological polar surface area (TPSA) is 63.1 Å². The van der Waals surface area contributed by atoms with E-state index in [0.29, 0.717) is 27.3 Å². The Labute approximate surface area is 167 Å². The molecule has 0 fully saturated rings. The zero-order valence-electron chi connectivity index (χ0n) is 15.4. The van der Waals surface area contributed by atoms with Crippen molar-refractivity contribution in [2.45, 2.75) is 13.8 Å². The maximum atomic E-state index is 11.9. The number of aryl methyl sites for hydroxylation is 1. The number of para-hydroxylation sites is 1. The highest BCUT2D eigenvalue weighted by molar-refractivity contribution is 6.32. The summed E-state index contributed by atoms with van der Waals surface area (Å²) in [4.78, 5) is 20.9. The molecule has 0 amide bonds. The molecule has 0 saturated heterocycles. The van der Waals surface area contributed by atoms with Gasteiger partial charge in [-0.2, -0.15) is 0 Å². The minimum atomic E-state index is -0.952. The summed E-state index contributed by atoms with van der Waals surface area (Å²) in [5.41, 5.74) is 5.77. The van der Waals surface area contributed by atoms with Gasteiger partial charge in [0.2, 0.25) is 0 Å². The Bertz CT molecular complexity index is 1220. The number of pyridine rings is 2. The normalized spacial score (nSPS) is 11.0. The molecule has 0 radical (unpaired) electrons. The van der Waals surface area contributed by atoms with E-state index in [-0.39, 0.29) is 5.56 Å². The number of aromatic nitrogens is 2. The van der Waals surface area contributed by atoms with E-state index in [0.717, 1.165) is 22.4 Å². The summed E-state index contributed by atoms with van der Waals surface area (Å²) < 4.78 is 0. The van der Waals surface area contributed by atoms with Crippen LogP contribution in [0.2, 0.25) is 5.15 Å². The lowest BCUT2D eigenvalue weighted by molar-refractivity contribution is 0.0698. The molecule has 2 aromatic carbocycles. The van der Waals surface area contributed by atoms with Gasteiger partial charge in [0.25, 0.3) is 0 Å². The van der Waals surface area contributed by atoms with E-state index in [1.807, 2.05) is 61.5 Å². The van der Waals surface area contributed by atoms with Crippen molar-refractivity contribution in [3.05, 3.63) is 82.6 Å². The van der Waals surface area contributed by atoms with Crippen LogP contribution in [0, 0.1) is 13.8 Å². The summed E-state index contributed by atoms with van der Waals surface area (Å²) in [7, 11) is 0. The summed E-state index contributed by atoms with van der Waals surface area (Å²) in [6.07, 6.45) is 0. The van der Waals surface area contributed by atoms with Crippen LogP contribution in [-0.4, -0.2) is 21.0 Å². The molecule has 4 aromatic rings. The Hall–Kier alpha value is -3.24. The number of hydrogen-bond acceptors (Lipinski definition) is 3. The summed E-state index contributed by atoms with van der Waals surface area (Å²) in [5.74, 6) is -0.952. The number of benzene rings is 2. The zero-order valence-corrected chi connectivity index (χ0v) is 16.2. The van der Waals surface area contributed by atoms with E-state index in [2.05, 4.69) is 4.98 Å². The van der Waals surface area contributed by atoms with Crippen molar-refractivity contribution >= 4 is 28.5 Å². The highest BCUT2D eigenvalue weighted by Gasteiger charge is 2.18. The van der Waals surface area contributed by atoms with Crippen molar-refractivity contribution in [3.63, 3.8) is 0 Å². The van der Waals surface area contributed by atoms with Crippen LogP contribution >= 0.6 is 11.6 Å². The fraction of sp³-hybridized carbons (Fsp3) is 0.0870. The van der Waals surface area contributed by atoms with Crippen molar-refractivity contribution in [2.75, 3.05) is 0 Å². The Morgan fingerprint density at radius 1 is 0.893 bits per heavy atom. The second-order valence-corrected chi connectivity index (χ2v) is 7.01. The highest BCUT2D eigenvalue weighted by Crippen LogP contribution is 2.32. The fourth-order valence-corrected chi connectivity index (χ4v) is 3.72. The minimum absolute atomic E-state index is 0.287. The van der Waals surface area contributed by atoms with Crippen molar-refractivity contribution in [3.8, 4) is 22.4 Å². The minimum Gasteiger partial charge on any atom is -0.478 e. The molecule has 4 nitrogen and oxygen atoms in total. The van der Waals surface area contributed by atoms with Gasteiger partial charge < -0.3 is 5.11 Å². The van der Waals surface area contributed by atoms with Crippen LogP contribution in [0.5, 0.6) is 0 Å². The SMILES string of the molecule is Cc1ccc(-c2ccc(-c3nc4ccccc4c(C(=O)O)c3C)cc2)c(Cl)n1. The number of carbonyl (C=O) groups is 1. The van der Waals surface area contributed by atoms with Crippen LogP contribution in [0.15, 0.2) is 60.7 Å². The monoisotopic (exact) mass is 388 g/mol. The van der Waals surface area contributed by atoms with Gasteiger partial charge in [-0.3, -0.25) is 0 Å². The molecule has 28 heavy (non-hydrogen) atoms. The Morgan fingerprint density at radius 3 is 2.25 bits per heavy atom. The number of halogens is 1. The fourth-order valence-electron chi connectivity index (χ4n) is 3.41. The molecule has 1 N–H and O–H groups in total. The largest absolute Gasteiger partial charge is 0.478 e. The number of fused-ring (bicyclic) bond motifs is 1. The highest BCUT2D eigenvalue weighted by atomic mass is 35.5. The molecule has 2 heterocycles. The Kier molecular flexibility index (Phi) is 4.57. The second-order valence-electron chi connectivity index (χ2n) is 6.65. The van der Waals surface area contributed by atoms with E-state index in [1.165, 1.54) is 0 Å². The summed E-state index contributed by atoms with van der Waals surface area (Å²) in [6.45, 7) is 3.69. The third kappa shape index (κ3) is 3.12. The number of hydrogen-bond donors (Lipinski definition) is 1. The predicted octanol–water partition coefficient (Wildman–Crippen LogP) is 5.93. The summed E-state index contributed by atoms with van der Waals surface area (Å²) in [5, 5.41) is 10.8. The number of aromatic carboxylic acids is 1. The third-order valence-corrected chi connectivity index (χ3v) is 5.10. The molecular formula is C23H17ClN2O2. The molecule has 0 aliphatic carbocycles. The molecule has 2 aromatic heterocycles. The van der Waals surface area contributed by atoms with Crippen LogP contribution in [0.1, 0.15) is 21.6 Å². The molecular weight excluding hydrogens is 372 g/mol. The summed E-state index contributed by atoms with van der Waals surface area (Å²) in [6, 6.07) is 18.9. The van der Waals surface area contributed by atoms with Crippen molar-refractivity contribution < 1.29 is 9.90 Å². The van der Waals surface area contributed by atoms with Crippen molar-refractivity contribution in [1.29, 1.82) is 0 Å². The van der Waals surface area contributed by atoms with Crippen molar-refractivity contribution in [2.24, 2.45) is 0 Å². The molecule has 0 aliphatic heterocycles. The van der Waals surface area contributed by atoms with Gasteiger partial charge in [-0.1, -0.05) is 54.1 Å². The lowest BCUT2D eigenvalue weighted by Crippen LogP contribution is -2.04. The first-order valence-electron chi connectivity index (χ1n) is 8.82. The van der Waals surface area contributed by atoms with Gasteiger partial charge in [-0.05, 0) is 43.2 Å². The average Bonchev–Trinajstić information content (AvgIpc) is 2.67. The maximum Gasteiger partial charge on any atom is 0.336 e. The van der Waals surface area contributed by atoms with Gasteiger partial charge >= 0.3 is 5.97 Å². The molecule has 5 heteroatoms. The summed E-state index contributed by atoms with van der Waals surface area (Å²) >= 11 is 6.28. The van der Waals surface area contributed by atoms with Crippen LogP contribution < -0.4 is 0 Å². The molecule has 0 saturated carbocycles. The number of carboxylic acids is 1. The number of carboxylic acid groups (broad SMARTS) is 1. The molecule has 0 unspecified atom stereocenters. The van der Waals surface area contributed by atoms with Crippen molar-refractivity contribution in [1.82, 2.24) is 9.97 Å². The van der Waals surface area contributed by atoms with Gasteiger partial charge in [-0.25, -0.2) is 14.8 Å². The van der Waals surface area contributed by atoms with Gasteiger partial charge in [0.1, 0.15) is 5.15 Å². The second kappa shape index (κ2) is 7.06. The average molecular weight is 389 g/mol. The number of nitrogens with zero attached hydrogens (tertiary/aromatic N) is 2. The zero-order chi connectivity index (χ0) is 19.8. The predicted molar refractivity (Wildman–Crippen MR) is 112 cm³/mol. The quantitative estimate of drug-likeness (QED) is 0.441.